The van der Waals surface area contributed by atoms with Crippen LogP contribution in [-0.4, -0.2) is 125 Å². The molecule has 86 heavy (non-hydrogen) atoms. The molecule has 1 saturated heterocycles. The van der Waals surface area contributed by atoms with E-state index >= 15 is 9.59 Å². The largest absolute Gasteiger partial charge is 0.496 e. The number of hydrogen-bond donors (Lipinski definition) is 3. The van der Waals surface area contributed by atoms with Gasteiger partial charge in [0.05, 0.1) is 43.1 Å². The summed E-state index contributed by atoms with van der Waals surface area (Å²) in [6.07, 6.45) is 20.7. The van der Waals surface area contributed by atoms with Gasteiger partial charge in [-0.1, -0.05) is 117 Å². The number of amides is 1. The molecule has 3 saturated carbocycles. The van der Waals surface area contributed by atoms with Gasteiger partial charge in [0, 0.05) is 31.6 Å². The Labute approximate surface area is 507 Å². The van der Waals surface area contributed by atoms with Crippen LogP contribution in [0.15, 0.2) is 120 Å². The van der Waals surface area contributed by atoms with Crippen molar-refractivity contribution < 1.29 is 81.7 Å². The summed E-state index contributed by atoms with van der Waals surface area (Å²) in [7, 11) is 1.35. The number of alkyl carbamates (subject to hydrolysis) is 1. The molecule has 6 rings (SSSR count). The van der Waals surface area contributed by atoms with E-state index in [1.54, 1.807) is 67.5 Å². The van der Waals surface area contributed by atoms with Crippen LogP contribution in [0.1, 0.15) is 164 Å². The first-order valence-electron chi connectivity index (χ1n) is 30.1. The summed E-state index contributed by atoms with van der Waals surface area (Å²) in [6.45, 7) is 17.4. The maximum atomic E-state index is 16.1. The molecule has 1 amide bonds. The molecule has 18 nitrogen and oxygen atoms in total. The molecule has 11 atom stereocenters. The van der Waals surface area contributed by atoms with E-state index in [9.17, 15) is 34.2 Å². The van der Waals surface area contributed by atoms with E-state index in [1.807, 2.05) is 24.3 Å². The van der Waals surface area contributed by atoms with Gasteiger partial charge in [0.25, 0.3) is 0 Å². The molecule has 3 N–H and O–H groups in total. The number of rotatable bonds is 26. The number of methoxy groups -OCH3 is 1. The summed E-state index contributed by atoms with van der Waals surface area (Å²) in [5.41, 5.74) is -8.54. The quantitative estimate of drug-likeness (QED) is 0.0443. The monoisotopic (exact) mass is 1190 g/mol. The number of esters is 5. The number of hydrogen-bond acceptors (Lipinski definition) is 17. The molecular weight excluding hydrogens is 1100 g/mol. The molecule has 4 aliphatic carbocycles. The summed E-state index contributed by atoms with van der Waals surface area (Å²) in [5.74, 6) is -7.54. The zero-order valence-corrected chi connectivity index (χ0v) is 52.2. The van der Waals surface area contributed by atoms with Gasteiger partial charge in [0.1, 0.15) is 40.8 Å². The van der Waals surface area contributed by atoms with Gasteiger partial charge in [-0.3, -0.25) is 19.2 Å². The number of fused-ring (bicyclic) bond motifs is 5. The summed E-state index contributed by atoms with van der Waals surface area (Å²) in [6, 6.07) is 4.76. The van der Waals surface area contributed by atoms with Gasteiger partial charge < -0.3 is 53.4 Å². The number of Topliss-reactive ketones (excluding diaryl/α,β-unsaturated/α-hetero) is 1. The highest BCUT2D eigenvalue weighted by Gasteiger charge is 2.78. The Morgan fingerprint density at radius 2 is 1.41 bits per heavy atom. The Balaban J connectivity index is 1.35. The van der Waals surface area contributed by atoms with E-state index in [2.05, 4.69) is 60.8 Å². The van der Waals surface area contributed by atoms with Crippen LogP contribution >= 0.6 is 0 Å². The van der Waals surface area contributed by atoms with Crippen molar-refractivity contribution in [1.82, 2.24) is 5.32 Å². The van der Waals surface area contributed by atoms with E-state index < -0.39 is 130 Å². The number of nitrogens with one attached hydrogen (secondary N) is 1. The lowest BCUT2D eigenvalue weighted by atomic mass is 9.44. The smallest absolute Gasteiger partial charge is 0.408 e. The first kappa shape index (κ1) is 68.2. The molecule has 0 radical (unpaired) electrons. The maximum Gasteiger partial charge on any atom is 0.408 e. The first-order valence-corrected chi connectivity index (χ1v) is 30.1. The van der Waals surface area contributed by atoms with Crippen molar-refractivity contribution in [2.45, 2.75) is 213 Å². The van der Waals surface area contributed by atoms with Crippen molar-refractivity contribution in [3.63, 3.8) is 0 Å². The van der Waals surface area contributed by atoms with Crippen molar-refractivity contribution in [3.8, 4) is 5.75 Å². The Bertz CT molecular complexity index is 2870. The normalized spacial score (nSPS) is 27.8. The van der Waals surface area contributed by atoms with Gasteiger partial charge in [-0.2, -0.15) is 0 Å². The highest BCUT2D eigenvalue weighted by Crippen LogP contribution is 2.64. The number of allylic oxidation sites excluding steroid dienone is 13. The van der Waals surface area contributed by atoms with Crippen LogP contribution in [0.25, 0.3) is 0 Å². The van der Waals surface area contributed by atoms with Crippen LogP contribution in [0, 0.1) is 22.7 Å². The summed E-state index contributed by atoms with van der Waals surface area (Å²) < 4.78 is 48.7. The van der Waals surface area contributed by atoms with Crippen molar-refractivity contribution in [3.05, 3.63) is 126 Å². The molecule has 470 valence electrons. The van der Waals surface area contributed by atoms with Crippen molar-refractivity contribution in [2.75, 3.05) is 13.7 Å². The zero-order chi connectivity index (χ0) is 63.2. The third kappa shape index (κ3) is 16.2. The summed E-state index contributed by atoms with van der Waals surface area (Å²) >= 11 is 0. The fraction of sp³-hybridized carbons (Fsp3) is 0.574. The second-order valence-electron chi connectivity index (χ2n) is 24.9. The topological polar surface area (TPSA) is 246 Å². The number of aliphatic hydroxyl groups excluding tert-OH is 1. The van der Waals surface area contributed by atoms with Crippen molar-refractivity contribution in [2.24, 2.45) is 22.7 Å². The molecule has 1 aromatic rings. The van der Waals surface area contributed by atoms with Crippen LogP contribution in [0.2, 0.25) is 0 Å². The molecule has 0 spiro atoms. The Morgan fingerprint density at radius 1 is 0.826 bits per heavy atom. The van der Waals surface area contributed by atoms with E-state index in [0.29, 0.717) is 24.8 Å². The lowest BCUT2D eigenvalue weighted by molar-refractivity contribution is -0.346. The van der Waals surface area contributed by atoms with Crippen LogP contribution < -0.4 is 10.1 Å². The van der Waals surface area contributed by atoms with Crippen LogP contribution in [-0.2, 0) is 57.1 Å². The lowest BCUT2D eigenvalue weighted by Crippen LogP contribution is -2.82. The fourth-order valence-electron chi connectivity index (χ4n) is 12.1. The minimum atomic E-state index is -2.50. The van der Waals surface area contributed by atoms with Crippen molar-refractivity contribution in [1.29, 1.82) is 0 Å². The zero-order valence-electron chi connectivity index (χ0n) is 52.2. The number of carbonyl (C=O) groups is 7. The minimum absolute atomic E-state index is 0.0144. The Morgan fingerprint density at radius 3 is 1.93 bits per heavy atom. The van der Waals surface area contributed by atoms with Crippen LogP contribution in [0.3, 0.4) is 0 Å². The predicted molar refractivity (Wildman–Crippen MR) is 322 cm³/mol. The van der Waals surface area contributed by atoms with Crippen LogP contribution in [0.4, 0.5) is 4.79 Å². The fourth-order valence-corrected chi connectivity index (χ4v) is 12.1. The van der Waals surface area contributed by atoms with Gasteiger partial charge in [0.15, 0.2) is 17.5 Å². The number of ketones is 1. The molecule has 5 aliphatic rings. The number of carbonyl (C=O) groups excluding carboxylic acids is 7. The summed E-state index contributed by atoms with van der Waals surface area (Å²) in [5, 5.41) is 29.3. The van der Waals surface area contributed by atoms with Crippen molar-refractivity contribution >= 4 is 41.7 Å². The van der Waals surface area contributed by atoms with Gasteiger partial charge in [0.2, 0.25) is 6.10 Å². The van der Waals surface area contributed by atoms with E-state index in [1.165, 1.54) is 32.2 Å². The first-order chi connectivity index (χ1) is 40.7. The predicted octanol–water partition coefficient (Wildman–Crippen LogP) is 10.9. The molecule has 1 heterocycles. The molecular formula is C68H91NO17. The highest BCUT2D eigenvalue weighted by atomic mass is 16.6. The number of benzene rings is 1. The number of aliphatic hydroxyl groups is 2. The average molecular weight is 1190 g/mol. The molecule has 0 aromatic heterocycles. The molecule has 18 heteroatoms. The van der Waals surface area contributed by atoms with Gasteiger partial charge in [-0.15, -0.1) is 0 Å². The minimum Gasteiger partial charge on any atom is -0.496 e. The third-order valence-corrected chi connectivity index (χ3v) is 16.7. The highest BCUT2D eigenvalue weighted by molar-refractivity contribution is 5.96. The molecule has 4 fully saturated rings. The van der Waals surface area contributed by atoms with E-state index in [4.69, 9.17) is 37.9 Å². The molecule has 1 aliphatic heterocycles. The SMILES string of the molecule is CC/C=C\C/C=C\C/C=C\C/C=C\C/C=C\C/C=C\CCC(=O)O[C@@H](C(=O)O[C@H]1C[C@@]2(O)C(OC(=O)c3ccccc3OC)C3[C@](C)(C(=O)[C@H](OC(=O)C4CC4)C(=C1C)C2(C)C)[C@@H](O)C[C@H]1OC[C@@]31OC(C)=O)[C@H](C=C(C)C)NC(=O)OC(C)(C)C. The average Bonchev–Trinajstić information content (AvgIpc) is 0.782. The van der Waals surface area contributed by atoms with Gasteiger partial charge >= 0.3 is 35.9 Å². The Hall–Kier alpha value is -6.89. The molecule has 2 bridgehead atoms. The Kier molecular flexibility index (Phi) is 23.5. The van der Waals surface area contributed by atoms with Gasteiger partial charge in [-0.05, 0) is 130 Å². The lowest BCUT2D eigenvalue weighted by Gasteiger charge is -2.67. The summed E-state index contributed by atoms with van der Waals surface area (Å²) in [4.78, 5) is 101. The number of para-hydroxylation sites is 1. The van der Waals surface area contributed by atoms with E-state index in [-0.39, 0.29) is 48.3 Å². The van der Waals surface area contributed by atoms with E-state index in [0.717, 1.165) is 39.0 Å². The maximum absolute atomic E-state index is 16.1. The van der Waals surface area contributed by atoms with Gasteiger partial charge in [-0.25, -0.2) is 14.4 Å². The number of ether oxygens (including phenoxy) is 8. The molecule has 1 aromatic carbocycles. The second-order valence-corrected chi connectivity index (χ2v) is 24.9. The second kappa shape index (κ2) is 29.7. The van der Waals surface area contributed by atoms with Crippen LogP contribution in [0.5, 0.6) is 5.75 Å². The standard InChI is InChI=1S/C68H91NO17/c1-13-14-15-16-17-18-19-20-21-22-23-24-25-26-27-28-29-30-31-36-53(72)82-55(48(39-43(2)3)69-63(77)86-64(6,7)8)62(76)81-50-41-68(78)59(84-61(75)47-34-32-33-35-49(47)79-12)57-66(11,51(71)40-52-67(57,42-80-52)85-45(5)70)58(73)56(83-60(74)46-37-38-46)54(44(50)4)65(68,9)10/h14-15,17-18,20-21,23-24,26-27,29-30,32-35,39,46,48,50-52,55-57,59,71,78H,13,16,19,22,25,28,31,36-38,40-42H2,1-12H3,(H,69,77)/b15-14-,18-17-,21-20-,24-23-,27-26-,30-29-/t48-,50-,51-,52+,55+,56+,57?,59?,66+,67-,68+/m0/s1. The third-order valence-electron chi connectivity index (χ3n) is 16.7. The molecule has 2 unspecified atom stereocenters.